The molecule has 6 nitrogen and oxygen atoms in total. The molecule has 5 atom stereocenters. The van der Waals surface area contributed by atoms with Crippen LogP contribution in [0.5, 0.6) is 11.5 Å². The number of amides is 1. The summed E-state index contributed by atoms with van der Waals surface area (Å²) in [5, 5.41) is 11.1. The average molecular weight is 539 g/mol. The van der Waals surface area contributed by atoms with Gasteiger partial charge in [0.05, 0.1) is 11.0 Å². The highest BCUT2D eigenvalue weighted by molar-refractivity contribution is 5.98. The third kappa shape index (κ3) is 2.58. The highest BCUT2D eigenvalue weighted by Crippen LogP contribution is 2.75. The van der Waals surface area contributed by atoms with E-state index < -0.39 is 5.60 Å². The van der Waals surface area contributed by atoms with Crippen LogP contribution in [0.15, 0.2) is 54.1 Å². The van der Waals surface area contributed by atoms with Crippen molar-refractivity contribution in [3.8, 4) is 11.5 Å². The number of likely N-dealkylation sites (N-methyl/N-ethyl adjacent to an activating group) is 1. The zero-order chi connectivity index (χ0) is 27.1. The Kier molecular flexibility index (Phi) is 4.48. The van der Waals surface area contributed by atoms with E-state index in [1.54, 1.807) is 7.11 Å². The number of hydrogen-bond donors (Lipinski definition) is 1. The van der Waals surface area contributed by atoms with Crippen LogP contribution in [0.3, 0.4) is 0 Å². The Hall–Kier alpha value is -2.83. The first kappa shape index (κ1) is 23.8. The minimum absolute atomic E-state index is 0.0681. The number of phenolic OH excluding ortho intramolecular Hbond substituents is 1. The molecule has 0 radical (unpaired) electrons. The number of fused-ring (bicyclic) bond motifs is 1. The van der Waals surface area contributed by atoms with Crippen molar-refractivity contribution in [3.05, 3.63) is 70.8 Å². The number of rotatable bonds is 6. The number of ether oxygens (including phenoxy) is 2. The predicted molar refractivity (Wildman–Crippen MR) is 150 cm³/mol. The van der Waals surface area contributed by atoms with E-state index in [1.807, 2.05) is 24.1 Å². The zero-order valence-electron chi connectivity index (χ0n) is 23.5. The van der Waals surface area contributed by atoms with Crippen molar-refractivity contribution in [2.24, 2.45) is 11.3 Å². The average Bonchev–Trinajstić information content (AvgIpc) is 3.92. The summed E-state index contributed by atoms with van der Waals surface area (Å²) in [5.74, 6) is 1.73. The molecule has 10 rings (SSSR count). The second kappa shape index (κ2) is 7.51. The summed E-state index contributed by atoms with van der Waals surface area (Å²) in [6.07, 6.45) is 10.3. The van der Waals surface area contributed by atoms with Gasteiger partial charge in [0.15, 0.2) is 11.5 Å². The molecule has 0 unspecified atom stereocenters. The molecular formula is C34H38N2O4. The van der Waals surface area contributed by atoms with Gasteiger partial charge in [0, 0.05) is 43.3 Å². The lowest BCUT2D eigenvalue weighted by molar-refractivity contribution is -0.198. The van der Waals surface area contributed by atoms with E-state index in [0.29, 0.717) is 11.8 Å². The van der Waals surface area contributed by atoms with Crippen molar-refractivity contribution in [1.82, 2.24) is 9.80 Å². The maximum Gasteiger partial charge on any atom is 0.253 e. The maximum atomic E-state index is 14.8. The van der Waals surface area contributed by atoms with Gasteiger partial charge in [0.1, 0.15) is 11.7 Å². The Labute approximate surface area is 235 Å². The molecule has 3 saturated carbocycles. The lowest BCUT2D eigenvalue weighted by Gasteiger charge is -2.70. The van der Waals surface area contributed by atoms with E-state index >= 15 is 0 Å². The zero-order valence-corrected chi connectivity index (χ0v) is 23.5. The Bertz CT molecular complexity index is 1480. The van der Waals surface area contributed by atoms with Crippen LogP contribution in [0.2, 0.25) is 0 Å². The van der Waals surface area contributed by atoms with Crippen LogP contribution in [-0.2, 0) is 26.9 Å². The minimum Gasteiger partial charge on any atom is -0.504 e. The van der Waals surface area contributed by atoms with Gasteiger partial charge < -0.3 is 19.5 Å². The number of aromatic hydroxyl groups is 1. The number of carbonyl (C=O) groups is 1. The van der Waals surface area contributed by atoms with E-state index in [2.05, 4.69) is 41.3 Å². The topological polar surface area (TPSA) is 62.2 Å². The molecule has 2 spiro atoms. The molecule has 1 N–H and O–H groups in total. The van der Waals surface area contributed by atoms with Crippen molar-refractivity contribution in [3.63, 3.8) is 0 Å². The number of nitrogens with zero attached hydrogens (tertiary/aromatic N) is 2. The third-order valence-corrected chi connectivity index (χ3v) is 12.4. The Morgan fingerprint density at radius 3 is 2.62 bits per heavy atom. The van der Waals surface area contributed by atoms with E-state index in [4.69, 9.17) is 9.47 Å². The maximum absolute atomic E-state index is 14.8. The molecule has 6 aliphatic carbocycles. The molecule has 2 aliphatic heterocycles. The number of phenols is 1. The lowest BCUT2D eigenvalue weighted by Crippen LogP contribution is -2.78. The molecule has 1 amide bonds. The molecule has 6 heteroatoms. The molecule has 2 aromatic carbocycles. The molecule has 4 fully saturated rings. The van der Waals surface area contributed by atoms with E-state index in [9.17, 15) is 9.90 Å². The highest BCUT2D eigenvalue weighted by atomic mass is 16.6. The molecule has 40 heavy (non-hydrogen) atoms. The van der Waals surface area contributed by atoms with Crippen molar-refractivity contribution in [2.45, 2.75) is 80.1 Å². The third-order valence-electron chi connectivity index (χ3n) is 12.4. The normalized spacial score (nSPS) is 37.4. The number of carbonyl (C=O) groups excluding carboxylic acids is 1. The molecule has 0 aromatic heterocycles. The van der Waals surface area contributed by atoms with Gasteiger partial charge in [-0.05, 0) is 81.0 Å². The fraction of sp³-hybridized carbons (Fsp3) is 0.559. The van der Waals surface area contributed by atoms with Crippen molar-refractivity contribution in [2.75, 3.05) is 27.2 Å². The van der Waals surface area contributed by atoms with Crippen LogP contribution in [0.25, 0.3) is 0 Å². The Balaban J connectivity index is 1.23. The minimum atomic E-state index is -0.844. The van der Waals surface area contributed by atoms with Crippen LogP contribution in [0.1, 0.15) is 61.6 Å². The van der Waals surface area contributed by atoms with Gasteiger partial charge in [-0.2, -0.15) is 0 Å². The summed E-state index contributed by atoms with van der Waals surface area (Å²) in [6.45, 7) is 2.18. The molecule has 208 valence electrons. The molecular weight excluding hydrogens is 500 g/mol. The van der Waals surface area contributed by atoms with Gasteiger partial charge in [-0.25, -0.2) is 0 Å². The number of likely N-dealkylation sites (tertiary alicyclic amines) is 1. The summed E-state index contributed by atoms with van der Waals surface area (Å²) in [5.41, 5.74) is 2.90. The monoisotopic (exact) mass is 538 g/mol. The van der Waals surface area contributed by atoms with Crippen LogP contribution in [-0.4, -0.2) is 65.8 Å². The van der Waals surface area contributed by atoms with Gasteiger partial charge in [-0.15, -0.1) is 0 Å². The number of piperidine rings is 1. The number of methoxy groups -OCH3 is 1. The van der Waals surface area contributed by atoms with E-state index in [0.717, 1.165) is 63.1 Å². The first-order valence-electron chi connectivity index (χ1n) is 15.3. The van der Waals surface area contributed by atoms with Gasteiger partial charge >= 0.3 is 0 Å². The smallest absolute Gasteiger partial charge is 0.253 e. The summed E-state index contributed by atoms with van der Waals surface area (Å²) in [6, 6.07) is 14.7. The fourth-order valence-electron chi connectivity index (χ4n) is 10.2. The standard InChI is InChI=1S/C34H38N2O4/c1-35(32(13-14-32)23-6-4-3-5-7-23)29(38)24-19-31-12-15-34(24,39-2)30-33(31)16-17-36(20-21-8-9-21)26(31)18-22-10-11-25(37)28(40-30)27(22)33/h3-7,10-11,19,21,26,30,37H,8-9,12-18,20H2,1-2H3/t26-,30-,31-,33+,34-/m1/s1. The van der Waals surface area contributed by atoms with Crippen LogP contribution in [0.4, 0.5) is 0 Å². The van der Waals surface area contributed by atoms with Crippen molar-refractivity contribution >= 4 is 5.91 Å². The SMILES string of the molecule is CO[C@]12CC[C@@]3(C=C1C(=O)N(C)C1(c4ccccc4)CC1)[C@H]1Cc4ccc(O)c5c4[C@@]3(CCN1CC1CC1)[C@H]2O5. The Morgan fingerprint density at radius 2 is 1.90 bits per heavy atom. The summed E-state index contributed by atoms with van der Waals surface area (Å²) < 4.78 is 13.4. The summed E-state index contributed by atoms with van der Waals surface area (Å²) in [4.78, 5) is 19.5. The molecule has 2 aromatic rings. The molecule has 8 aliphatic rings. The first-order chi connectivity index (χ1) is 19.4. The van der Waals surface area contributed by atoms with Crippen molar-refractivity contribution < 1.29 is 19.4 Å². The largest absolute Gasteiger partial charge is 0.504 e. The van der Waals surface area contributed by atoms with Gasteiger partial charge in [0.2, 0.25) is 0 Å². The van der Waals surface area contributed by atoms with Gasteiger partial charge in [-0.3, -0.25) is 9.69 Å². The number of hydrogen-bond acceptors (Lipinski definition) is 5. The van der Waals surface area contributed by atoms with Crippen molar-refractivity contribution in [1.29, 1.82) is 0 Å². The highest BCUT2D eigenvalue weighted by Gasteiger charge is 2.79. The second-order valence-corrected chi connectivity index (χ2v) is 13.8. The molecule has 1 saturated heterocycles. The second-order valence-electron chi connectivity index (χ2n) is 13.8. The molecule has 4 bridgehead atoms. The number of benzene rings is 2. The first-order valence-corrected chi connectivity index (χ1v) is 15.3. The Morgan fingerprint density at radius 1 is 1.10 bits per heavy atom. The fourth-order valence-corrected chi connectivity index (χ4v) is 10.2. The van der Waals surface area contributed by atoms with E-state index in [1.165, 1.54) is 29.5 Å². The summed E-state index contributed by atoms with van der Waals surface area (Å²) >= 11 is 0. The van der Waals surface area contributed by atoms with Crippen LogP contribution < -0.4 is 4.74 Å². The van der Waals surface area contributed by atoms with Crippen LogP contribution >= 0.6 is 0 Å². The van der Waals surface area contributed by atoms with Crippen LogP contribution in [0, 0.1) is 11.3 Å². The summed E-state index contributed by atoms with van der Waals surface area (Å²) in [7, 11) is 3.74. The van der Waals surface area contributed by atoms with E-state index in [-0.39, 0.29) is 34.1 Å². The quantitative estimate of drug-likeness (QED) is 0.579. The van der Waals surface area contributed by atoms with Gasteiger partial charge in [0.25, 0.3) is 5.91 Å². The molecule has 2 heterocycles. The van der Waals surface area contributed by atoms with Gasteiger partial charge in [-0.1, -0.05) is 42.5 Å². The lowest BCUT2D eigenvalue weighted by atomic mass is 9.37. The predicted octanol–water partition coefficient (Wildman–Crippen LogP) is 4.68.